The summed E-state index contributed by atoms with van der Waals surface area (Å²) < 4.78 is 0. The van der Waals surface area contributed by atoms with Crippen molar-refractivity contribution in [3.05, 3.63) is 0 Å². The minimum Gasteiger partial charge on any atom is -0.356 e. The fourth-order valence-electron chi connectivity index (χ4n) is 2.02. The lowest BCUT2D eigenvalue weighted by atomic mass is 10.1. The van der Waals surface area contributed by atoms with E-state index in [9.17, 15) is 4.79 Å². The summed E-state index contributed by atoms with van der Waals surface area (Å²) in [6, 6.07) is 0.606. The number of amides is 1. The monoisotopic (exact) mass is 270 g/mol. The minimum atomic E-state index is 0.203. The molecule has 0 saturated carbocycles. The van der Waals surface area contributed by atoms with Crippen LogP contribution in [0.3, 0.4) is 0 Å². The van der Waals surface area contributed by atoms with Gasteiger partial charge in [-0.15, -0.1) is 0 Å². The molecule has 0 unspecified atom stereocenters. The van der Waals surface area contributed by atoms with Crippen molar-refractivity contribution in [2.45, 2.75) is 78.7 Å². The molecule has 0 radical (unpaired) electrons. The summed E-state index contributed by atoms with van der Waals surface area (Å²) in [5.41, 5.74) is 0. The highest BCUT2D eigenvalue weighted by atomic mass is 16.1. The number of nitrogens with one attached hydrogen (secondary N) is 2. The van der Waals surface area contributed by atoms with E-state index in [2.05, 4.69) is 38.3 Å². The molecule has 0 aromatic rings. The molecule has 0 aliphatic heterocycles. The van der Waals surface area contributed by atoms with E-state index in [1.165, 1.54) is 32.1 Å². The first-order valence-corrected chi connectivity index (χ1v) is 8.02. The molecule has 0 spiro atoms. The predicted octanol–water partition coefficient (Wildman–Crippen LogP) is 3.49. The molecule has 0 aromatic heterocycles. The lowest BCUT2D eigenvalue weighted by molar-refractivity contribution is -0.121. The molecule has 114 valence electrons. The SMILES string of the molecule is CC(C)CC(=O)NCCCCCCCCNC(C)C. The zero-order chi connectivity index (χ0) is 14.5. The third-order valence-corrected chi connectivity index (χ3v) is 3.07. The standard InChI is InChI=1S/C16H34N2O/c1-14(2)13-16(19)18-12-10-8-6-5-7-9-11-17-15(3)4/h14-15,17H,5-13H2,1-4H3,(H,18,19). The van der Waals surface area contributed by atoms with Crippen molar-refractivity contribution in [3.63, 3.8) is 0 Å². The Balaban J connectivity index is 3.13. The fraction of sp³-hybridized carbons (Fsp3) is 0.938. The van der Waals surface area contributed by atoms with Crippen LogP contribution < -0.4 is 10.6 Å². The summed E-state index contributed by atoms with van der Waals surface area (Å²) in [6.07, 6.45) is 8.22. The molecule has 0 aliphatic carbocycles. The number of hydrogen-bond acceptors (Lipinski definition) is 2. The van der Waals surface area contributed by atoms with Gasteiger partial charge in [-0.2, -0.15) is 0 Å². The van der Waals surface area contributed by atoms with E-state index in [0.29, 0.717) is 18.4 Å². The van der Waals surface area contributed by atoms with Gasteiger partial charge in [0.1, 0.15) is 0 Å². The van der Waals surface area contributed by atoms with Crippen molar-refractivity contribution in [3.8, 4) is 0 Å². The zero-order valence-corrected chi connectivity index (χ0v) is 13.4. The summed E-state index contributed by atoms with van der Waals surface area (Å²) in [6.45, 7) is 10.5. The van der Waals surface area contributed by atoms with Crippen molar-refractivity contribution < 1.29 is 4.79 Å². The van der Waals surface area contributed by atoms with Crippen molar-refractivity contribution in [2.24, 2.45) is 5.92 Å². The Morgan fingerprint density at radius 1 is 0.842 bits per heavy atom. The van der Waals surface area contributed by atoms with Gasteiger partial charge in [-0.25, -0.2) is 0 Å². The summed E-state index contributed by atoms with van der Waals surface area (Å²) in [4.78, 5) is 11.4. The number of carbonyl (C=O) groups is 1. The molecule has 0 fully saturated rings. The molecule has 0 bridgehead atoms. The van der Waals surface area contributed by atoms with Crippen LogP contribution in [0, 0.1) is 5.92 Å². The summed E-state index contributed by atoms with van der Waals surface area (Å²) in [5, 5.41) is 6.43. The molecule has 19 heavy (non-hydrogen) atoms. The van der Waals surface area contributed by atoms with Crippen LogP contribution in [-0.4, -0.2) is 25.0 Å². The Morgan fingerprint density at radius 2 is 1.37 bits per heavy atom. The smallest absolute Gasteiger partial charge is 0.220 e. The van der Waals surface area contributed by atoms with Crippen LogP contribution in [0.25, 0.3) is 0 Å². The van der Waals surface area contributed by atoms with Crippen LogP contribution in [0.2, 0.25) is 0 Å². The van der Waals surface area contributed by atoms with E-state index < -0.39 is 0 Å². The van der Waals surface area contributed by atoms with Gasteiger partial charge >= 0.3 is 0 Å². The van der Waals surface area contributed by atoms with E-state index >= 15 is 0 Å². The van der Waals surface area contributed by atoms with Crippen molar-refractivity contribution >= 4 is 5.91 Å². The maximum Gasteiger partial charge on any atom is 0.220 e. The van der Waals surface area contributed by atoms with E-state index in [1.54, 1.807) is 0 Å². The minimum absolute atomic E-state index is 0.203. The Bertz CT molecular complexity index is 215. The largest absolute Gasteiger partial charge is 0.356 e. The molecule has 3 nitrogen and oxygen atoms in total. The Hall–Kier alpha value is -0.570. The quantitative estimate of drug-likeness (QED) is 0.533. The molecule has 3 heteroatoms. The summed E-state index contributed by atoms with van der Waals surface area (Å²) in [5.74, 6) is 0.661. The van der Waals surface area contributed by atoms with Gasteiger partial charge in [-0.3, -0.25) is 4.79 Å². The molecule has 0 atom stereocenters. The number of rotatable bonds is 12. The molecule has 0 rings (SSSR count). The van der Waals surface area contributed by atoms with Crippen LogP contribution >= 0.6 is 0 Å². The number of hydrogen-bond donors (Lipinski definition) is 2. The van der Waals surface area contributed by atoms with E-state index in [0.717, 1.165) is 19.5 Å². The lowest BCUT2D eigenvalue weighted by Gasteiger charge is -2.08. The highest BCUT2D eigenvalue weighted by molar-refractivity contribution is 5.75. The Labute approximate surface area is 119 Å². The van der Waals surface area contributed by atoms with Gasteiger partial charge in [-0.05, 0) is 25.3 Å². The van der Waals surface area contributed by atoms with Crippen molar-refractivity contribution in [1.82, 2.24) is 10.6 Å². The molecule has 1 amide bonds. The van der Waals surface area contributed by atoms with E-state index in [4.69, 9.17) is 0 Å². The molecular formula is C16H34N2O. The topological polar surface area (TPSA) is 41.1 Å². The average molecular weight is 270 g/mol. The first kappa shape index (κ1) is 18.4. The second-order valence-electron chi connectivity index (χ2n) is 6.18. The lowest BCUT2D eigenvalue weighted by Crippen LogP contribution is -2.25. The first-order valence-electron chi connectivity index (χ1n) is 8.02. The van der Waals surface area contributed by atoms with Gasteiger partial charge in [0.05, 0.1) is 0 Å². The predicted molar refractivity (Wildman–Crippen MR) is 83.3 cm³/mol. The third kappa shape index (κ3) is 15.4. The van der Waals surface area contributed by atoms with Gasteiger partial charge in [0.25, 0.3) is 0 Å². The van der Waals surface area contributed by atoms with Crippen LogP contribution in [0.5, 0.6) is 0 Å². The van der Waals surface area contributed by atoms with Crippen molar-refractivity contribution in [2.75, 3.05) is 13.1 Å². The number of carbonyl (C=O) groups excluding carboxylic acids is 1. The van der Waals surface area contributed by atoms with Crippen LogP contribution in [0.4, 0.5) is 0 Å². The van der Waals surface area contributed by atoms with Gasteiger partial charge < -0.3 is 10.6 Å². The normalized spacial score (nSPS) is 11.3. The summed E-state index contributed by atoms with van der Waals surface area (Å²) in [7, 11) is 0. The molecular weight excluding hydrogens is 236 g/mol. The summed E-state index contributed by atoms with van der Waals surface area (Å²) >= 11 is 0. The molecule has 2 N–H and O–H groups in total. The number of unbranched alkanes of at least 4 members (excludes halogenated alkanes) is 5. The van der Waals surface area contributed by atoms with Gasteiger partial charge in [0.15, 0.2) is 0 Å². The highest BCUT2D eigenvalue weighted by Gasteiger charge is 2.02. The van der Waals surface area contributed by atoms with E-state index in [1.807, 2.05) is 0 Å². The molecule has 0 heterocycles. The maximum absolute atomic E-state index is 11.4. The Kier molecular flexibility index (Phi) is 12.1. The second-order valence-corrected chi connectivity index (χ2v) is 6.18. The zero-order valence-electron chi connectivity index (χ0n) is 13.4. The van der Waals surface area contributed by atoms with Crippen LogP contribution in [-0.2, 0) is 4.79 Å². The third-order valence-electron chi connectivity index (χ3n) is 3.07. The maximum atomic E-state index is 11.4. The molecule has 0 aromatic carbocycles. The van der Waals surface area contributed by atoms with Gasteiger partial charge in [-0.1, -0.05) is 53.4 Å². The highest BCUT2D eigenvalue weighted by Crippen LogP contribution is 2.05. The second kappa shape index (κ2) is 12.5. The van der Waals surface area contributed by atoms with Crippen molar-refractivity contribution in [1.29, 1.82) is 0 Å². The van der Waals surface area contributed by atoms with E-state index in [-0.39, 0.29) is 5.91 Å². The fourth-order valence-corrected chi connectivity index (χ4v) is 2.02. The molecule has 0 aliphatic rings. The van der Waals surface area contributed by atoms with Gasteiger partial charge in [0, 0.05) is 19.0 Å². The van der Waals surface area contributed by atoms with Crippen LogP contribution in [0.15, 0.2) is 0 Å². The van der Waals surface area contributed by atoms with Gasteiger partial charge in [0.2, 0.25) is 5.91 Å². The molecule has 0 saturated heterocycles. The Morgan fingerprint density at radius 3 is 1.89 bits per heavy atom. The average Bonchev–Trinajstić information content (AvgIpc) is 2.30. The van der Waals surface area contributed by atoms with Crippen LogP contribution in [0.1, 0.15) is 72.6 Å². The first-order chi connectivity index (χ1) is 9.02.